The molecule has 1 amide bonds. The lowest BCUT2D eigenvalue weighted by molar-refractivity contribution is -0.386. The van der Waals surface area contributed by atoms with E-state index in [0.29, 0.717) is 30.0 Å². The highest BCUT2D eigenvalue weighted by atomic mass is 16.6. The number of amides is 1. The van der Waals surface area contributed by atoms with E-state index in [4.69, 9.17) is 0 Å². The second kappa shape index (κ2) is 7.40. The van der Waals surface area contributed by atoms with E-state index in [2.05, 4.69) is 15.5 Å². The highest BCUT2D eigenvalue weighted by molar-refractivity contribution is 5.94. The third kappa shape index (κ3) is 4.02. The van der Waals surface area contributed by atoms with Gasteiger partial charge in [0.25, 0.3) is 5.91 Å². The van der Waals surface area contributed by atoms with Crippen molar-refractivity contribution >= 4 is 11.6 Å². The standard InChI is InChI=1S/C18H20N6O3/c1-12-17(24(26)27)13(2)23(21-12)11-14-4-6-16(7-5-14)18(25)19-8-15-9-20-22(3)10-15/h4-7,9-10H,8,11H2,1-3H3,(H,19,25). The number of nitro groups is 1. The van der Waals surface area contributed by atoms with Gasteiger partial charge in [-0.3, -0.25) is 24.3 Å². The van der Waals surface area contributed by atoms with Gasteiger partial charge in [0.15, 0.2) is 0 Å². The summed E-state index contributed by atoms with van der Waals surface area (Å²) in [7, 11) is 1.82. The second-order valence-corrected chi connectivity index (χ2v) is 6.34. The molecule has 1 N–H and O–H groups in total. The van der Waals surface area contributed by atoms with Gasteiger partial charge in [-0.1, -0.05) is 12.1 Å². The molecule has 0 saturated carbocycles. The fraction of sp³-hybridized carbons (Fsp3) is 0.278. The van der Waals surface area contributed by atoms with Crippen LogP contribution in [-0.4, -0.2) is 30.4 Å². The van der Waals surface area contributed by atoms with Crippen LogP contribution in [0.2, 0.25) is 0 Å². The van der Waals surface area contributed by atoms with E-state index in [9.17, 15) is 14.9 Å². The monoisotopic (exact) mass is 368 g/mol. The molecule has 9 nitrogen and oxygen atoms in total. The lowest BCUT2D eigenvalue weighted by Crippen LogP contribution is -2.22. The minimum atomic E-state index is -0.413. The van der Waals surface area contributed by atoms with Gasteiger partial charge < -0.3 is 5.32 Å². The number of aromatic nitrogens is 4. The summed E-state index contributed by atoms with van der Waals surface area (Å²) >= 11 is 0. The van der Waals surface area contributed by atoms with Crippen LogP contribution in [0.25, 0.3) is 0 Å². The van der Waals surface area contributed by atoms with Gasteiger partial charge in [0, 0.05) is 30.9 Å². The Hall–Kier alpha value is -3.49. The summed E-state index contributed by atoms with van der Waals surface area (Å²) in [5, 5.41) is 22.2. The fourth-order valence-corrected chi connectivity index (χ4v) is 2.89. The van der Waals surface area contributed by atoms with E-state index in [0.717, 1.165) is 11.1 Å². The SMILES string of the molecule is Cc1nn(Cc2ccc(C(=O)NCc3cnn(C)c3)cc2)c(C)c1[N+](=O)[O-]. The van der Waals surface area contributed by atoms with E-state index in [-0.39, 0.29) is 11.6 Å². The number of nitrogens with zero attached hydrogens (tertiary/aromatic N) is 5. The van der Waals surface area contributed by atoms with Crippen molar-refractivity contribution in [1.82, 2.24) is 24.9 Å². The Morgan fingerprint density at radius 1 is 1.22 bits per heavy atom. The number of rotatable bonds is 6. The molecule has 9 heteroatoms. The molecule has 3 rings (SSSR count). The largest absolute Gasteiger partial charge is 0.348 e. The first kappa shape index (κ1) is 18.3. The lowest BCUT2D eigenvalue weighted by atomic mass is 10.1. The third-order valence-electron chi connectivity index (χ3n) is 4.29. The zero-order valence-corrected chi connectivity index (χ0v) is 15.3. The van der Waals surface area contributed by atoms with Crippen LogP contribution in [0.1, 0.15) is 32.9 Å². The lowest BCUT2D eigenvalue weighted by Gasteiger charge is -2.07. The van der Waals surface area contributed by atoms with Gasteiger partial charge >= 0.3 is 5.69 Å². The molecule has 0 radical (unpaired) electrons. The number of hydrogen-bond acceptors (Lipinski definition) is 5. The number of aryl methyl sites for hydroxylation is 2. The molecule has 0 fully saturated rings. The number of carbonyl (C=O) groups excluding carboxylic acids is 1. The average Bonchev–Trinajstić information content (AvgIpc) is 3.16. The molecule has 0 aliphatic rings. The molecule has 140 valence electrons. The van der Waals surface area contributed by atoms with Crippen LogP contribution >= 0.6 is 0 Å². The van der Waals surface area contributed by atoms with E-state index in [1.54, 1.807) is 41.5 Å². The Labute approximate surface area is 155 Å². The average molecular weight is 368 g/mol. The van der Waals surface area contributed by atoms with Gasteiger partial charge in [-0.25, -0.2) is 0 Å². The minimum absolute atomic E-state index is 0.0430. The summed E-state index contributed by atoms with van der Waals surface area (Å²) in [6, 6.07) is 7.10. The van der Waals surface area contributed by atoms with Crippen LogP contribution in [-0.2, 0) is 20.1 Å². The summed E-state index contributed by atoms with van der Waals surface area (Å²) < 4.78 is 3.28. The molecule has 0 atom stereocenters. The third-order valence-corrected chi connectivity index (χ3v) is 4.29. The zero-order valence-electron chi connectivity index (χ0n) is 15.3. The van der Waals surface area contributed by atoms with Crippen LogP contribution in [0.3, 0.4) is 0 Å². The number of benzene rings is 1. The summed E-state index contributed by atoms with van der Waals surface area (Å²) in [5.74, 6) is -0.174. The van der Waals surface area contributed by atoms with Gasteiger partial charge in [0.05, 0.1) is 17.7 Å². The van der Waals surface area contributed by atoms with Crippen LogP contribution in [0, 0.1) is 24.0 Å². The van der Waals surface area contributed by atoms with Gasteiger partial charge in [-0.2, -0.15) is 10.2 Å². The van der Waals surface area contributed by atoms with Gasteiger partial charge in [0.2, 0.25) is 0 Å². The molecule has 2 heterocycles. The molecule has 0 bridgehead atoms. The van der Waals surface area contributed by atoms with Crippen LogP contribution in [0.5, 0.6) is 0 Å². The fourth-order valence-electron chi connectivity index (χ4n) is 2.89. The highest BCUT2D eigenvalue weighted by Crippen LogP contribution is 2.22. The van der Waals surface area contributed by atoms with Crippen molar-refractivity contribution in [1.29, 1.82) is 0 Å². The van der Waals surface area contributed by atoms with Crippen molar-refractivity contribution in [3.05, 3.63) is 74.9 Å². The highest BCUT2D eigenvalue weighted by Gasteiger charge is 2.21. The number of nitrogens with one attached hydrogen (secondary N) is 1. The molecule has 0 spiro atoms. The maximum atomic E-state index is 12.2. The normalized spacial score (nSPS) is 10.8. The maximum absolute atomic E-state index is 12.2. The van der Waals surface area contributed by atoms with Crippen molar-refractivity contribution in [2.75, 3.05) is 0 Å². The summed E-state index contributed by atoms with van der Waals surface area (Å²) in [6.07, 6.45) is 3.55. The Balaban J connectivity index is 1.66. The van der Waals surface area contributed by atoms with Crippen LogP contribution < -0.4 is 5.32 Å². The van der Waals surface area contributed by atoms with E-state index < -0.39 is 4.92 Å². The number of hydrogen-bond donors (Lipinski definition) is 1. The maximum Gasteiger partial charge on any atom is 0.312 e. The summed E-state index contributed by atoms with van der Waals surface area (Å²) in [4.78, 5) is 22.9. The molecule has 3 aromatic rings. The van der Waals surface area contributed by atoms with E-state index in [1.165, 1.54) is 0 Å². The Morgan fingerprint density at radius 3 is 2.48 bits per heavy atom. The van der Waals surface area contributed by atoms with E-state index in [1.807, 2.05) is 25.4 Å². The molecule has 0 saturated heterocycles. The second-order valence-electron chi connectivity index (χ2n) is 6.34. The number of carbonyl (C=O) groups is 1. The Morgan fingerprint density at radius 2 is 1.93 bits per heavy atom. The summed E-state index contributed by atoms with van der Waals surface area (Å²) in [5.41, 5.74) is 3.32. The smallest absolute Gasteiger partial charge is 0.312 e. The first-order valence-electron chi connectivity index (χ1n) is 8.38. The zero-order chi connectivity index (χ0) is 19.6. The Bertz CT molecular complexity index is 987. The van der Waals surface area contributed by atoms with Crippen molar-refractivity contribution in [3.8, 4) is 0 Å². The van der Waals surface area contributed by atoms with Crippen molar-refractivity contribution < 1.29 is 9.72 Å². The Kier molecular flexibility index (Phi) is 5.02. The van der Waals surface area contributed by atoms with Gasteiger partial charge in [-0.05, 0) is 31.5 Å². The molecule has 2 aromatic heterocycles. The van der Waals surface area contributed by atoms with Gasteiger partial charge in [0.1, 0.15) is 11.4 Å². The quantitative estimate of drug-likeness (QED) is 0.530. The first-order valence-corrected chi connectivity index (χ1v) is 8.38. The molecular formula is C18H20N6O3. The minimum Gasteiger partial charge on any atom is -0.348 e. The first-order chi connectivity index (χ1) is 12.8. The van der Waals surface area contributed by atoms with Crippen LogP contribution in [0.4, 0.5) is 5.69 Å². The summed E-state index contributed by atoms with van der Waals surface area (Å²) in [6.45, 7) is 4.11. The molecule has 0 aliphatic heterocycles. The molecule has 0 unspecified atom stereocenters. The topological polar surface area (TPSA) is 108 Å². The molecule has 1 aromatic carbocycles. The molecular weight excluding hydrogens is 348 g/mol. The molecule has 27 heavy (non-hydrogen) atoms. The van der Waals surface area contributed by atoms with Crippen molar-refractivity contribution in [2.24, 2.45) is 7.05 Å². The van der Waals surface area contributed by atoms with Crippen molar-refractivity contribution in [3.63, 3.8) is 0 Å². The molecule has 0 aliphatic carbocycles. The van der Waals surface area contributed by atoms with E-state index >= 15 is 0 Å². The predicted octanol–water partition coefficient (Wildman–Crippen LogP) is 2.12. The van der Waals surface area contributed by atoms with Gasteiger partial charge in [-0.15, -0.1) is 0 Å². The predicted molar refractivity (Wildman–Crippen MR) is 98.3 cm³/mol. The van der Waals surface area contributed by atoms with Crippen molar-refractivity contribution in [2.45, 2.75) is 26.9 Å². The van der Waals surface area contributed by atoms with Crippen LogP contribution in [0.15, 0.2) is 36.7 Å².